The average molecular weight is 1070 g/mol. The summed E-state index contributed by atoms with van der Waals surface area (Å²) in [6.45, 7) is 0. The molecule has 0 radical (unpaired) electrons. The number of hydrogen-bond acceptors (Lipinski definition) is 4. The predicted octanol–water partition coefficient (Wildman–Crippen LogP) is 22.1. The number of nitrogens with zero attached hydrogens (tertiary/aromatic N) is 4. The van der Waals surface area contributed by atoms with Gasteiger partial charge in [-0.3, -0.25) is 0 Å². The Morgan fingerprint density at radius 2 is 0.631 bits per heavy atom. The molecule has 19 aromatic rings. The van der Waals surface area contributed by atoms with Crippen LogP contribution in [0.5, 0.6) is 0 Å². The van der Waals surface area contributed by atoms with Gasteiger partial charge in [0.15, 0.2) is 11.2 Å². The lowest BCUT2D eigenvalue weighted by Gasteiger charge is -2.26. The molecule has 0 bridgehead atoms. The number of rotatable bonds is 8. The molecule has 19 rings (SSSR count). The SMILES string of the molecule is c1ccc(N(c2cccc(-c3ccc4c5cc6c(cc5n5c7ccccc7c3c45)c3ccc(-c4cccc(N(c5ccccc5)c5cccc7c5oc5ccccc57)c4)c4c5ccccc5n6c34)c2)c2cccc3c2oc2ccccc23)cc1. The summed E-state index contributed by atoms with van der Waals surface area (Å²) in [5.41, 5.74) is 21.6. The molecule has 6 aromatic heterocycles. The molecule has 0 amide bonds. The molecule has 0 aliphatic carbocycles. The lowest BCUT2D eigenvalue weighted by molar-refractivity contribution is 0.668. The first-order valence-corrected chi connectivity index (χ1v) is 28.7. The van der Waals surface area contributed by atoms with E-state index in [9.17, 15) is 0 Å². The van der Waals surface area contributed by atoms with Crippen molar-refractivity contribution >= 4 is 154 Å². The molecule has 6 heteroatoms. The van der Waals surface area contributed by atoms with Gasteiger partial charge in [-0.2, -0.15) is 0 Å². The molecule has 6 heterocycles. The lowest BCUT2D eigenvalue weighted by atomic mass is 9.96. The van der Waals surface area contributed by atoms with Crippen LogP contribution in [0.25, 0.3) is 142 Å². The van der Waals surface area contributed by atoms with E-state index in [-0.39, 0.29) is 0 Å². The number of fused-ring (bicyclic) bond motifs is 18. The minimum atomic E-state index is 0.862. The molecular formula is C78H46N4O2. The minimum Gasteiger partial charge on any atom is -0.454 e. The number of anilines is 6. The van der Waals surface area contributed by atoms with Gasteiger partial charge in [0, 0.05) is 87.4 Å². The van der Waals surface area contributed by atoms with Crippen LogP contribution in [-0.4, -0.2) is 8.80 Å². The summed E-state index contributed by atoms with van der Waals surface area (Å²) in [5.74, 6) is 0. The van der Waals surface area contributed by atoms with Crippen molar-refractivity contribution in [2.45, 2.75) is 0 Å². The zero-order chi connectivity index (χ0) is 54.7. The first-order valence-electron chi connectivity index (χ1n) is 28.7. The van der Waals surface area contributed by atoms with Crippen LogP contribution >= 0.6 is 0 Å². The Morgan fingerprint density at radius 3 is 1.10 bits per heavy atom. The van der Waals surface area contributed by atoms with Crippen LogP contribution in [0.4, 0.5) is 34.1 Å². The van der Waals surface area contributed by atoms with Gasteiger partial charge in [-0.05, 0) is 119 Å². The second-order valence-electron chi connectivity index (χ2n) is 22.3. The fraction of sp³-hybridized carbons (Fsp3) is 0. The summed E-state index contributed by atoms with van der Waals surface area (Å²) >= 11 is 0. The Kier molecular flexibility index (Phi) is 9.24. The summed E-state index contributed by atoms with van der Waals surface area (Å²) in [6, 6.07) is 101. The van der Waals surface area contributed by atoms with E-state index in [1.165, 1.54) is 87.3 Å². The maximum Gasteiger partial charge on any atom is 0.159 e. The minimum absolute atomic E-state index is 0.862. The molecule has 0 aliphatic heterocycles. The monoisotopic (exact) mass is 1070 g/mol. The summed E-state index contributed by atoms with van der Waals surface area (Å²) in [5, 5.41) is 14.3. The average Bonchev–Trinajstić information content (AvgIpc) is 2.98. The molecule has 0 saturated heterocycles. The van der Waals surface area contributed by atoms with E-state index in [2.05, 4.69) is 286 Å². The van der Waals surface area contributed by atoms with Crippen molar-refractivity contribution in [3.05, 3.63) is 279 Å². The topological polar surface area (TPSA) is 41.6 Å². The Morgan fingerprint density at radius 1 is 0.250 bits per heavy atom. The van der Waals surface area contributed by atoms with Gasteiger partial charge >= 0.3 is 0 Å². The van der Waals surface area contributed by atoms with Gasteiger partial charge in [-0.1, -0.05) is 182 Å². The fourth-order valence-electron chi connectivity index (χ4n) is 14.4. The molecule has 390 valence electrons. The van der Waals surface area contributed by atoms with E-state index in [1.807, 2.05) is 12.1 Å². The van der Waals surface area contributed by atoms with Gasteiger partial charge in [0.1, 0.15) is 11.2 Å². The third-order valence-electron chi connectivity index (χ3n) is 17.9. The fourth-order valence-corrected chi connectivity index (χ4v) is 14.4. The van der Waals surface area contributed by atoms with Crippen LogP contribution in [0.3, 0.4) is 0 Å². The van der Waals surface area contributed by atoms with Gasteiger partial charge in [0.2, 0.25) is 0 Å². The van der Waals surface area contributed by atoms with Crippen LogP contribution in [-0.2, 0) is 0 Å². The third-order valence-corrected chi connectivity index (χ3v) is 17.9. The molecule has 0 fully saturated rings. The highest BCUT2D eigenvalue weighted by molar-refractivity contribution is 6.32. The Hall–Kier alpha value is -11.3. The van der Waals surface area contributed by atoms with Crippen LogP contribution in [0.2, 0.25) is 0 Å². The first-order chi connectivity index (χ1) is 41.7. The predicted molar refractivity (Wildman–Crippen MR) is 351 cm³/mol. The first kappa shape index (κ1) is 45.4. The maximum absolute atomic E-state index is 6.69. The van der Waals surface area contributed by atoms with Gasteiger partial charge < -0.3 is 27.4 Å². The van der Waals surface area contributed by atoms with E-state index in [4.69, 9.17) is 8.83 Å². The van der Waals surface area contributed by atoms with Crippen molar-refractivity contribution in [3.63, 3.8) is 0 Å². The lowest BCUT2D eigenvalue weighted by Crippen LogP contribution is -2.10. The highest BCUT2D eigenvalue weighted by atomic mass is 16.3. The Labute approximate surface area is 480 Å². The van der Waals surface area contributed by atoms with E-state index in [0.29, 0.717) is 0 Å². The largest absolute Gasteiger partial charge is 0.454 e. The van der Waals surface area contributed by atoms with Crippen molar-refractivity contribution < 1.29 is 8.83 Å². The zero-order valence-electron chi connectivity index (χ0n) is 45.2. The third kappa shape index (κ3) is 6.23. The van der Waals surface area contributed by atoms with Crippen molar-refractivity contribution in [2.75, 3.05) is 9.80 Å². The quantitative estimate of drug-likeness (QED) is 0.152. The maximum atomic E-state index is 6.69. The molecular weight excluding hydrogens is 1020 g/mol. The van der Waals surface area contributed by atoms with Crippen molar-refractivity contribution in [1.29, 1.82) is 0 Å². The van der Waals surface area contributed by atoms with Gasteiger partial charge in [-0.15, -0.1) is 0 Å². The molecule has 84 heavy (non-hydrogen) atoms. The number of benzene rings is 13. The van der Waals surface area contributed by atoms with E-state index in [0.717, 1.165) is 89.1 Å². The number of para-hydroxylation sites is 8. The highest BCUT2D eigenvalue weighted by Gasteiger charge is 2.27. The molecule has 6 nitrogen and oxygen atoms in total. The second-order valence-corrected chi connectivity index (χ2v) is 22.3. The summed E-state index contributed by atoms with van der Waals surface area (Å²) in [6.07, 6.45) is 0. The smallest absolute Gasteiger partial charge is 0.159 e. The Bertz CT molecular complexity index is 5520. The van der Waals surface area contributed by atoms with Crippen molar-refractivity contribution in [1.82, 2.24) is 8.80 Å². The summed E-state index contributed by atoms with van der Waals surface area (Å²) in [4.78, 5) is 4.67. The van der Waals surface area contributed by atoms with Gasteiger partial charge in [-0.25, -0.2) is 0 Å². The molecule has 0 saturated carbocycles. The van der Waals surface area contributed by atoms with E-state index < -0.39 is 0 Å². The normalized spacial score (nSPS) is 12.3. The molecule has 0 atom stereocenters. The summed E-state index contributed by atoms with van der Waals surface area (Å²) < 4.78 is 18.5. The molecule has 0 aliphatic rings. The van der Waals surface area contributed by atoms with Crippen molar-refractivity contribution in [2.24, 2.45) is 0 Å². The summed E-state index contributed by atoms with van der Waals surface area (Å²) in [7, 11) is 0. The Balaban J connectivity index is 0.792. The van der Waals surface area contributed by atoms with Gasteiger partial charge in [0.25, 0.3) is 0 Å². The highest BCUT2D eigenvalue weighted by Crippen LogP contribution is 2.51. The van der Waals surface area contributed by atoms with E-state index >= 15 is 0 Å². The van der Waals surface area contributed by atoms with Crippen LogP contribution in [0.1, 0.15) is 0 Å². The number of hydrogen-bond donors (Lipinski definition) is 0. The van der Waals surface area contributed by atoms with Crippen LogP contribution in [0.15, 0.2) is 288 Å². The van der Waals surface area contributed by atoms with Gasteiger partial charge in [0.05, 0.1) is 44.5 Å². The zero-order valence-corrected chi connectivity index (χ0v) is 45.2. The van der Waals surface area contributed by atoms with E-state index in [1.54, 1.807) is 0 Å². The van der Waals surface area contributed by atoms with Crippen LogP contribution in [0, 0.1) is 0 Å². The molecule has 0 spiro atoms. The van der Waals surface area contributed by atoms with Crippen molar-refractivity contribution in [3.8, 4) is 22.3 Å². The number of furan rings is 2. The number of aromatic nitrogens is 2. The van der Waals surface area contributed by atoms with Crippen LogP contribution < -0.4 is 9.80 Å². The second kappa shape index (κ2) is 17.1. The molecule has 0 N–H and O–H groups in total. The molecule has 13 aromatic carbocycles. The standard InChI is InChI=1S/C78H46N4O2/c1-3-21-49(22-4-1)79(67-35-17-31-59-55-27-9-13-37-71(55)83-77(59)67)51-25-15-19-47(43-51)53-39-41-57-63-45-70-64(46-69(63)81-65-33-11-7-29-61(65)73(53)75(57)81)58-42-40-54(74-62-30-8-12-34-66(62)82(70)76(58)74)48-20-16-26-52(44-48)80(50-23-5-2-6-24-50)68-36-18-32-60-56-28-10-14-38-72(56)84-78(60)68/h1-46H. The molecule has 0 unspecified atom stereocenters.